The third-order valence-electron chi connectivity index (χ3n) is 2.45. The lowest BCUT2D eigenvalue weighted by atomic mass is 10.1. The Morgan fingerprint density at radius 1 is 1.56 bits per heavy atom. The first-order valence-electron chi connectivity index (χ1n) is 4.91. The number of furan rings is 1. The molecule has 0 saturated carbocycles. The van der Waals surface area contributed by atoms with Crippen LogP contribution in [-0.4, -0.2) is 15.6 Å². The van der Waals surface area contributed by atoms with Crippen molar-refractivity contribution in [3.63, 3.8) is 0 Å². The summed E-state index contributed by atoms with van der Waals surface area (Å²) < 4.78 is 6.63. The fraction of sp³-hybridized carbons (Fsp3) is 0.273. The number of aromatic nitrogens is 2. The summed E-state index contributed by atoms with van der Waals surface area (Å²) in [6, 6.07) is 3.48. The molecule has 0 aliphatic rings. The Kier molecular flexibility index (Phi) is 3.10. The van der Waals surface area contributed by atoms with E-state index in [1.807, 2.05) is 13.1 Å². The number of halogens is 1. The summed E-state index contributed by atoms with van der Waals surface area (Å²) in [5, 5.41) is 4.20. The maximum atomic E-state index is 11.8. The average molecular weight is 239 g/mol. The van der Waals surface area contributed by atoms with Crippen molar-refractivity contribution in [3.8, 4) is 0 Å². The Morgan fingerprint density at radius 2 is 2.38 bits per heavy atom. The van der Waals surface area contributed by atoms with E-state index < -0.39 is 0 Å². The SMILES string of the molecule is Cn1nccc1CCC(=O)c1ccoc1Cl. The van der Waals surface area contributed by atoms with Crippen molar-refractivity contribution in [1.29, 1.82) is 0 Å². The molecule has 0 fully saturated rings. The predicted octanol–water partition coefficient (Wildman–Crippen LogP) is 2.48. The Labute approximate surface area is 97.8 Å². The van der Waals surface area contributed by atoms with Crippen LogP contribution in [0.4, 0.5) is 0 Å². The highest BCUT2D eigenvalue weighted by Gasteiger charge is 2.13. The Bertz CT molecular complexity index is 502. The Balaban J connectivity index is 1.99. The molecule has 0 spiro atoms. The molecular weight excluding hydrogens is 228 g/mol. The standard InChI is InChI=1S/C11H11ClN2O2/c1-14-8(4-6-13-14)2-3-10(15)9-5-7-16-11(9)12/h4-7H,2-3H2,1H3. The van der Waals surface area contributed by atoms with Crippen LogP contribution in [0, 0.1) is 0 Å². The van der Waals surface area contributed by atoms with E-state index in [0.29, 0.717) is 18.4 Å². The number of nitrogens with zero attached hydrogens (tertiary/aromatic N) is 2. The summed E-state index contributed by atoms with van der Waals surface area (Å²) in [4.78, 5) is 11.8. The van der Waals surface area contributed by atoms with Crippen LogP contribution in [0.5, 0.6) is 0 Å². The molecule has 5 heteroatoms. The second-order valence-electron chi connectivity index (χ2n) is 3.48. The molecule has 0 N–H and O–H groups in total. The van der Waals surface area contributed by atoms with Crippen molar-refractivity contribution in [2.75, 3.05) is 0 Å². The van der Waals surface area contributed by atoms with Crippen molar-refractivity contribution in [2.24, 2.45) is 7.05 Å². The third-order valence-corrected chi connectivity index (χ3v) is 2.74. The molecule has 0 radical (unpaired) electrons. The molecule has 0 unspecified atom stereocenters. The first-order chi connectivity index (χ1) is 7.68. The number of hydrogen-bond acceptors (Lipinski definition) is 3. The van der Waals surface area contributed by atoms with Crippen molar-refractivity contribution in [3.05, 3.63) is 41.1 Å². The first-order valence-corrected chi connectivity index (χ1v) is 5.29. The van der Waals surface area contributed by atoms with Crippen molar-refractivity contribution in [1.82, 2.24) is 9.78 Å². The van der Waals surface area contributed by atoms with E-state index in [9.17, 15) is 4.79 Å². The number of rotatable bonds is 4. The van der Waals surface area contributed by atoms with Crippen LogP contribution >= 0.6 is 11.6 Å². The normalized spacial score (nSPS) is 10.6. The lowest BCUT2D eigenvalue weighted by Gasteiger charge is -2.00. The smallest absolute Gasteiger partial charge is 0.203 e. The van der Waals surface area contributed by atoms with Crippen LogP contribution in [0.3, 0.4) is 0 Å². The quantitative estimate of drug-likeness (QED) is 0.769. The number of Topliss-reactive ketones (excluding diaryl/α,β-unsaturated/α-hetero) is 1. The van der Waals surface area contributed by atoms with E-state index in [1.165, 1.54) is 6.26 Å². The molecule has 0 aliphatic heterocycles. The van der Waals surface area contributed by atoms with Crippen LogP contribution in [-0.2, 0) is 13.5 Å². The molecule has 2 aromatic heterocycles. The summed E-state index contributed by atoms with van der Waals surface area (Å²) >= 11 is 5.72. The number of aryl methyl sites for hydroxylation is 2. The van der Waals surface area contributed by atoms with E-state index in [4.69, 9.17) is 16.0 Å². The summed E-state index contributed by atoms with van der Waals surface area (Å²) in [6.07, 6.45) is 4.18. The minimum atomic E-state index is -0.0139. The maximum absolute atomic E-state index is 11.8. The van der Waals surface area contributed by atoms with Gasteiger partial charge in [-0.25, -0.2) is 0 Å². The molecule has 0 bridgehead atoms. The zero-order valence-corrected chi connectivity index (χ0v) is 9.57. The number of hydrogen-bond donors (Lipinski definition) is 0. The van der Waals surface area contributed by atoms with Crippen molar-refractivity contribution in [2.45, 2.75) is 12.8 Å². The van der Waals surface area contributed by atoms with Gasteiger partial charge in [-0.05, 0) is 30.2 Å². The van der Waals surface area contributed by atoms with Crippen LogP contribution in [0.25, 0.3) is 0 Å². The molecule has 2 rings (SSSR count). The van der Waals surface area contributed by atoms with Crippen LogP contribution < -0.4 is 0 Å². The van der Waals surface area contributed by atoms with Gasteiger partial charge in [-0.3, -0.25) is 9.48 Å². The summed E-state index contributed by atoms with van der Waals surface area (Å²) in [5.74, 6) is -0.0139. The van der Waals surface area contributed by atoms with Gasteiger partial charge in [-0.1, -0.05) is 0 Å². The minimum absolute atomic E-state index is 0.0139. The van der Waals surface area contributed by atoms with Gasteiger partial charge < -0.3 is 4.42 Å². The molecule has 16 heavy (non-hydrogen) atoms. The molecule has 0 atom stereocenters. The third kappa shape index (κ3) is 2.17. The molecule has 0 aliphatic carbocycles. The van der Waals surface area contributed by atoms with Gasteiger partial charge in [0.15, 0.2) is 5.78 Å². The highest BCUT2D eigenvalue weighted by molar-refractivity contribution is 6.32. The topological polar surface area (TPSA) is 48.0 Å². The van der Waals surface area contributed by atoms with Gasteiger partial charge in [0.2, 0.25) is 5.22 Å². The summed E-state index contributed by atoms with van der Waals surface area (Å²) in [5.41, 5.74) is 1.47. The molecule has 0 saturated heterocycles. The minimum Gasteiger partial charge on any atom is -0.452 e. The summed E-state index contributed by atoms with van der Waals surface area (Å²) in [7, 11) is 1.85. The molecular formula is C11H11ClN2O2. The van der Waals surface area contributed by atoms with Gasteiger partial charge in [0.25, 0.3) is 0 Å². The predicted molar refractivity (Wildman–Crippen MR) is 59.6 cm³/mol. The van der Waals surface area contributed by atoms with Gasteiger partial charge in [-0.2, -0.15) is 5.10 Å². The first kappa shape index (κ1) is 11.0. The van der Waals surface area contributed by atoms with Crippen LogP contribution in [0.1, 0.15) is 22.5 Å². The fourth-order valence-corrected chi connectivity index (χ4v) is 1.74. The second-order valence-corrected chi connectivity index (χ2v) is 3.82. The van der Waals surface area contributed by atoms with Crippen LogP contribution in [0.2, 0.25) is 5.22 Å². The molecule has 2 aromatic rings. The van der Waals surface area contributed by atoms with E-state index in [1.54, 1.807) is 16.9 Å². The monoisotopic (exact) mass is 238 g/mol. The molecule has 2 heterocycles. The number of carbonyl (C=O) groups excluding carboxylic acids is 1. The zero-order chi connectivity index (χ0) is 11.5. The van der Waals surface area contributed by atoms with Gasteiger partial charge in [0, 0.05) is 25.4 Å². The molecule has 0 aromatic carbocycles. The zero-order valence-electron chi connectivity index (χ0n) is 8.81. The van der Waals surface area contributed by atoms with Crippen molar-refractivity contribution < 1.29 is 9.21 Å². The van der Waals surface area contributed by atoms with Gasteiger partial charge in [0.1, 0.15) is 0 Å². The fourth-order valence-electron chi connectivity index (χ4n) is 1.52. The van der Waals surface area contributed by atoms with Crippen molar-refractivity contribution >= 4 is 17.4 Å². The second kappa shape index (κ2) is 4.53. The highest BCUT2D eigenvalue weighted by atomic mass is 35.5. The van der Waals surface area contributed by atoms with Gasteiger partial charge in [0.05, 0.1) is 11.8 Å². The Morgan fingerprint density at radius 3 is 2.94 bits per heavy atom. The Hall–Kier alpha value is -1.55. The molecule has 84 valence electrons. The maximum Gasteiger partial charge on any atom is 0.203 e. The summed E-state index contributed by atoms with van der Waals surface area (Å²) in [6.45, 7) is 0. The number of ketones is 1. The lowest BCUT2D eigenvalue weighted by molar-refractivity contribution is 0.0982. The van der Waals surface area contributed by atoms with E-state index in [0.717, 1.165) is 5.69 Å². The van der Waals surface area contributed by atoms with Gasteiger partial charge >= 0.3 is 0 Å². The van der Waals surface area contributed by atoms with E-state index in [-0.39, 0.29) is 11.0 Å². The van der Waals surface area contributed by atoms with Gasteiger partial charge in [-0.15, -0.1) is 0 Å². The molecule has 0 amide bonds. The van der Waals surface area contributed by atoms with E-state index >= 15 is 0 Å². The molecule has 4 nitrogen and oxygen atoms in total. The lowest BCUT2D eigenvalue weighted by Crippen LogP contribution is -2.04. The average Bonchev–Trinajstić information content (AvgIpc) is 2.84. The van der Waals surface area contributed by atoms with E-state index in [2.05, 4.69) is 5.10 Å². The highest BCUT2D eigenvalue weighted by Crippen LogP contribution is 2.19. The van der Waals surface area contributed by atoms with Crippen LogP contribution in [0.15, 0.2) is 29.0 Å². The number of carbonyl (C=O) groups is 1. The largest absolute Gasteiger partial charge is 0.452 e.